The van der Waals surface area contributed by atoms with Crippen molar-refractivity contribution in [3.63, 3.8) is 0 Å². The highest BCUT2D eigenvalue weighted by atomic mass is 35.5. The van der Waals surface area contributed by atoms with E-state index in [0.717, 1.165) is 20.8 Å². The second-order valence-electron chi connectivity index (χ2n) is 4.48. The summed E-state index contributed by atoms with van der Waals surface area (Å²) in [6.07, 6.45) is 0. The van der Waals surface area contributed by atoms with Gasteiger partial charge in [-0.05, 0) is 29.8 Å². The summed E-state index contributed by atoms with van der Waals surface area (Å²) in [4.78, 5) is 4.55. The number of fused-ring (bicyclic) bond motifs is 1. The Morgan fingerprint density at radius 3 is 2.76 bits per heavy atom. The maximum atomic E-state index is 5.86. The number of hydrogen-bond acceptors (Lipinski definition) is 4. The molecule has 1 heterocycles. The third-order valence-electron chi connectivity index (χ3n) is 3.07. The van der Waals surface area contributed by atoms with Crippen molar-refractivity contribution in [1.29, 1.82) is 0 Å². The molecule has 0 N–H and O–H groups in total. The van der Waals surface area contributed by atoms with Crippen LogP contribution in [0.1, 0.15) is 10.6 Å². The van der Waals surface area contributed by atoms with E-state index in [9.17, 15) is 0 Å². The smallest absolute Gasteiger partial charge is 0.162 e. The Bertz CT molecular complexity index is 724. The second-order valence-corrected chi connectivity index (χ2v) is 5.87. The molecule has 5 heteroatoms. The number of rotatable bonds is 5. The summed E-state index contributed by atoms with van der Waals surface area (Å²) < 4.78 is 12.3. The number of hydrogen-bond donors (Lipinski definition) is 0. The Kier molecular flexibility index (Phi) is 4.27. The molecule has 0 aliphatic rings. The van der Waals surface area contributed by atoms with Crippen LogP contribution in [0.3, 0.4) is 0 Å². The van der Waals surface area contributed by atoms with Crippen LogP contribution in [0.25, 0.3) is 10.2 Å². The maximum absolute atomic E-state index is 5.86. The highest BCUT2D eigenvalue weighted by molar-refractivity contribution is 7.18. The van der Waals surface area contributed by atoms with Crippen molar-refractivity contribution >= 4 is 33.2 Å². The maximum Gasteiger partial charge on any atom is 0.162 e. The van der Waals surface area contributed by atoms with Crippen LogP contribution in [0.4, 0.5) is 0 Å². The van der Waals surface area contributed by atoms with Crippen molar-refractivity contribution in [1.82, 2.24) is 4.98 Å². The van der Waals surface area contributed by atoms with Crippen molar-refractivity contribution in [2.24, 2.45) is 0 Å². The number of aromatic nitrogens is 1. The van der Waals surface area contributed by atoms with Crippen LogP contribution < -0.4 is 9.47 Å². The van der Waals surface area contributed by atoms with Crippen molar-refractivity contribution in [2.45, 2.75) is 12.5 Å². The first-order valence-corrected chi connectivity index (χ1v) is 7.85. The largest absolute Gasteiger partial charge is 0.493 e. The molecule has 1 aromatic heterocycles. The Morgan fingerprint density at radius 1 is 1.14 bits per heavy atom. The summed E-state index contributed by atoms with van der Waals surface area (Å²) in [5.41, 5.74) is 2.00. The van der Waals surface area contributed by atoms with Gasteiger partial charge in [0, 0.05) is 5.88 Å². The fraction of sp³-hybridized carbons (Fsp3) is 0.188. The fourth-order valence-corrected chi connectivity index (χ4v) is 3.08. The Balaban J connectivity index is 1.80. The van der Waals surface area contributed by atoms with Gasteiger partial charge < -0.3 is 9.47 Å². The lowest BCUT2D eigenvalue weighted by Crippen LogP contribution is -1.98. The predicted octanol–water partition coefficient (Wildman–Crippen LogP) is 4.62. The van der Waals surface area contributed by atoms with E-state index in [0.29, 0.717) is 24.0 Å². The average molecular weight is 320 g/mol. The van der Waals surface area contributed by atoms with Gasteiger partial charge in [0.05, 0.1) is 17.3 Å². The quantitative estimate of drug-likeness (QED) is 0.643. The number of alkyl halides is 1. The lowest BCUT2D eigenvalue weighted by molar-refractivity contribution is 0.284. The van der Waals surface area contributed by atoms with E-state index < -0.39 is 0 Å². The van der Waals surface area contributed by atoms with Crippen molar-refractivity contribution in [2.75, 3.05) is 7.11 Å². The van der Waals surface area contributed by atoms with Gasteiger partial charge in [0.1, 0.15) is 11.6 Å². The summed E-state index contributed by atoms with van der Waals surface area (Å²) in [6.45, 7) is 0.418. The number of para-hydroxylation sites is 1. The summed E-state index contributed by atoms with van der Waals surface area (Å²) in [7, 11) is 1.63. The summed E-state index contributed by atoms with van der Waals surface area (Å²) in [6, 6.07) is 13.8. The molecule has 0 atom stereocenters. The zero-order valence-electron chi connectivity index (χ0n) is 11.5. The van der Waals surface area contributed by atoms with Gasteiger partial charge in [-0.2, -0.15) is 0 Å². The molecular weight excluding hydrogens is 306 g/mol. The molecule has 0 saturated heterocycles. The van der Waals surface area contributed by atoms with Crippen LogP contribution in [0.2, 0.25) is 0 Å². The Labute approximate surface area is 132 Å². The van der Waals surface area contributed by atoms with Gasteiger partial charge in [0.2, 0.25) is 0 Å². The van der Waals surface area contributed by atoms with E-state index in [-0.39, 0.29) is 0 Å². The lowest BCUT2D eigenvalue weighted by atomic mass is 10.2. The van der Waals surface area contributed by atoms with Gasteiger partial charge in [-0.3, -0.25) is 0 Å². The van der Waals surface area contributed by atoms with Gasteiger partial charge >= 0.3 is 0 Å². The van der Waals surface area contributed by atoms with E-state index in [1.165, 1.54) is 0 Å². The molecule has 0 amide bonds. The van der Waals surface area contributed by atoms with Crippen LogP contribution in [0, 0.1) is 0 Å². The Morgan fingerprint density at radius 2 is 2.00 bits per heavy atom. The molecule has 0 aliphatic heterocycles. The van der Waals surface area contributed by atoms with E-state index in [1.54, 1.807) is 18.4 Å². The van der Waals surface area contributed by atoms with Gasteiger partial charge in [0.25, 0.3) is 0 Å². The van der Waals surface area contributed by atoms with Gasteiger partial charge in [0.15, 0.2) is 11.5 Å². The van der Waals surface area contributed by atoms with Crippen LogP contribution in [-0.4, -0.2) is 12.1 Å². The first kappa shape index (κ1) is 14.2. The standard InChI is InChI=1S/C16H14ClNO2S/c1-19-13-7-6-11(9-17)8-14(13)20-10-16-18-12-4-2-3-5-15(12)21-16/h2-8H,9-10H2,1H3. The summed E-state index contributed by atoms with van der Waals surface area (Å²) in [5, 5.41) is 0.939. The first-order chi connectivity index (χ1) is 10.3. The van der Waals surface area contributed by atoms with Crippen LogP contribution in [-0.2, 0) is 12.5 Å². The molecule has 3 rings (SSSR count). The minimum atomic E-state index is 0.418. The average Bonchev–Trinajstić information content (AvgIpc) is 2.95. The molecule has 21 heavy (non-hydrogen) atoms. The van der Waals surface area contributed by atoms with E-state index in [4.69, 9.17) is 21.1 Å². The van der Waals surface area contributed by atoms with E-state index in [1.807, 2.05) is 36.4 Å². The zero-order chi connectivity index (χ0) is 14.7. The minimum Gasteiger partial charge on any atom is -0.493 e. The van der Waals surface area contributed by atoms with E-state index >= 15 is 0 Å². The van der Waals surface area contributed by atoms with Crippen molar-refractivity contribution in [3.05, 3.63) is 53.0 Å². The van der Waals surface area contributed by atoms with Crippen LogP contribution >= 0.6 is 22.9 Å². The highest BCUT2D eigenvalue weighted by Crippen LogP contribution is 2.30. The molecule has 3 nitrogen and oxygen atoms in total. The molecule has 0 aliphatic carbocycles. The topological polar surface area (TPSA) is 31.4 Å². The fourth-order valence-electron chi connectivity index (χ4n) is 2.04. The monoisotopic (exact) mass is 319 g/mol. The second kappa shape index (κ2) is 6.33. The van der Waals surface area contributed by atoms with Crippen LogP contribution in [0.5, 0.6) is 11.5 Å². The molecule has 0 radical (unpaired) electrons. The van der Waals surface area contributed by atoms with Crippen molar-refractivity contribution < 1.29 is 9.47 Å². The molecule has 3 aromatic rings. The lowest BCUT2D eigenvalue weighted by Gasteiger charge is -2.10. The number of ether oxygens (including phenoxy) is 2. The number of halogens is 1. The molecular formula is C16H14ClNO2S. The number of nitrogens with zero attached hydrogens (tertiary/aromatic N) is 1. The zero-order valence-corrected chi connectivity index (χ0v) is 13.1. The molecule has 108 valence electrons. The summed E-state index contributed by atoms with van der Waals surface area (Å²) >= 11 is 7.50. The van der Waals surface area contributed by atoms with Gasteiger partial charge in [-0.15, -0.1) is 22.9 Å². The number of benzene rings is 2. The molecule has 2 aromatic carbocycles. The first-order valence-electron chi connectivity index (χ1n) is 6.50. The van der Waals surface area contributed by atoms with Gasteiger partial charge in [-0.1, -0.05) is 18.2 Å². The molecule has 0 saturated carbocycles. The van der Waals surface area contributed by atoms with Crippen LogP contribution in [0.15, 0.2) is 42.5 Å². The van der Waals surface area contributed by atoms with E-state index in [2.05, 4.69) is 11.1 Å². The SMILES string of the molecule is COc1ccc(CCl)cc1OCc1nc2ccccc2s1. The predicted molar refractivity (Wildman–Crippen MR) is 86.5 cm³/mol. The number of thiazole rings is 1. The highest BCUT2D eigenvalue weighted by Gasteiger charge is 2.08. The molecule has 0 bridgehead atoms. The third-order valence-corrected chi connectivity index (χ3v) is 4.39. The Hall–Kier alpha value is -1.78. The normalized spacial score (nSPS) is 10.8. The molecule has 0 fully saturated rings. The molecule has 0 unspecified atom stereocenters. The molecule has 0 spiro atoms. The third kappa shape index (κ3) is 3.12. The van der Waals surface area contributed by atoms with Gasteiger partial charge in [-0.25, -0.2) is 4.98 Å². The number of methoxy groups -OCH3 is 1. The minimum absolute atomic E-state index is 0.418. The van der Waals surface area contributed by atoms with Crippen molar-refractivity contribution in [3.8, 4) is 11.5 Å². The summed E-state index contributed by atoms with van der Waals surface area (Å²) in [5.74, 6) is 1.83.